The summed E-state index contributed by atoms with van der Waals surface area (Å²) >= 11 is 0. The standard InChI is InChI=1S/C35H42N2O9/c1-15-11-18-12-23(39)29-30(33(42)19-9-8-10-22(38)28(19)34(29)43)27(18)35(46-25-14-21(37(6)7)32(41)17(3)45-25)26(15)24-13-20(36(4)5)31(40)16(2)44-24/h8-12,16-17,20-21,24-25,31-32,38-41H,13-14H2,1-7H3/t16-,17-,20+,21-,24+,25+,31-,32-/m0/s1. The predicted molar refractivity (Wildman–Crippen MR) is 170 cm³/mol. The number of carbonyl (C=O) groups is 2. The number of aryl methyl sites for hydroxylation is 1. The first kappa shape index (κ1) is 32.4. The molecular formula is C35H42N2O9. The van der Waals surface area contributed by atoms with Crippen LogP contribution in [0, 0.1) is 6.92 Å². The van der Waals surface area contributed by atoms with Gasteiger partial charge in [-0.3, -0.25) is 9.59 Å². The van der Waals surface area contributed by atoms with Crippen molar-refractivity contribution in [1.82, 2.24) is 9.80 Å². The summed E-state index contributed by atoms with van der Waals surface area (Å²) in [4.78, 5) is 32.0. The highest BCUT2D eigenvalue weighted by atomic mass is 16.7. The maximum atomic E-state index is 14.3. The molecule has 0 spiro atoms. The third-order valence-electron chi connectivity index (χ3n) is 9.86. The summed E-state index contributed by atoms with van der Waals surface area (Å²) < 4.78 is 19.4. The Morgan fingerprint density at radius 1 is 0.804 bits per heavy atom. The molecule has 3 aliphatic rings. The molecule has 0 amide bonds. The van der Waals surface area contributed by atoms with E-state index in [-0.39, 0.29) is 51.6 Å². The quantitative estimate of drug-likeness (QED) is 0.256. The van der Waals surface area contributed by atoms with E-state index in [1.807, 2.05) is 57.9 Å². The number of aliphatic hydroxyl groups excluding tert-OH is 2. The number of phenolic OH excluding ortho intramolecular Hbond substituents is 2. The summed E-state index contributed by atoms with van der Waals surface area (Å²) in [5, 5.41) is 44.4. The number of nitrogens with zero attached hydrogens (tertiary/aromatic N) is 2. The zero-order chi connectivity index (χ0) is 33.4. The van der Waals surface area contributed by atoms with Crippen LogP contribution >= 0.6 is 0 Å². The Balaban J connectivity index is 1.62. The maximum Gasteiger partial charge on any atom is 0.201 e. The Morgan fingerprint density at radius 3 is 2.09 bits per heavy atom. The number of hydrogen-bond donors (Lipinski definition) is 4. The Kier molecular flexibility index (Phi) is 8.37. The van der Waals surface area contributed by atoms with Crippen molar-refractivity contribution in [2.24, 2.45) is 0 Å². The van der Waals surface area contributed by atoms with E-state index in [9.17, 15) is 30.0 Å². The largest absolute Gasteiger partial charge is 0.507 e. The number of hydrogen-bond acceptors (Lipinski definition) is 11. The van der Waals surface area contributed by atoms with Crippen molar-refractivity contribution in [3.8, 4) is 17.2 Å². The summed E-state index contributed by atoms with van der Waals surface area (Å²) in [6.45, 7) is 5.47. The van der Waals surface area contributed by atoms with E-state index in [1.165, 1.54) is 24.3 Å². The van der Waals surface area contributed by atoms with E-state index >= 15 is 0 Å². The number of rotatable bonds is 5. The van der Waals surface area contributed by atoms with Crippen LogP contribution in [0.25, 0.3) is 10.8 Å². The molecular weight excluding hydrogens is 592 g/mol. The smallest absolute Gasteiger partial charge is 0.201 e. The van der Waals surface area contributed by atoms with E-state index in [2.05, 4.69) is 0 Å². The minimum Gasteiger partial charge on any atom is -0.507 e. The van der Waals surface area contributed by atoms with Crippen molar-refractivity contribution in [3.05, 3.63) is 63.7 Å². The van der Waals surface area contributed by atoms with Crippen molar-refractivity contribution in [1.29, 1.82) is 0 Å². The average Bonchev–Trinajstić information content (AvgIpc) is 2.98. The highest BCUT2D eigenvalue weighted by molar-refractivity contribution is 6.34. The fourth-order valence-electron chi connectivity index (χ4n) is 7.40. The van der Waals surface area contributed by atoms with Gasteiger partial charge < -0.3 is 44.4 Å². The minimum absolute atomic E-state index is 0.0224. The van der Waals surface area contributed by atoms with Gasteiger partial charge in [0.1, 0.15) is 17.2 Å². The molecule has 11 heteroatoms. The van der Waals surface area contributed by atoms with Gasteiger partial charge in [-0.25, -0.2) is 0 Å². The topological polar surface area (TPSA) is 149 Å². The van der Waals surface area contributed by atoms with E-state index in [1.54, 1.807) is 6.92 Å². The van der Waals surface area contributed by atoms with Crippen molar-refractivity contribution >= 4 is 22.3 Å². The van der Waals surface area contributed by atoms with Gasteiger partial charge in [0.15, 0.2) is 5.78 Å². The molecule has 4 N–H and O–H groups in total. The first-order chi connectivity index (χ1) is 21.7. The molecule has 46 heavy (non-hydrogen) atoms. The lowest BCUT2D eigenvalue weighted by molar-refractivity contribution is -0.202. The van der Waals surface area contributed by atoms with Crippen LogP contribution in [0.15, 0.2) is 30.3 Å². The van der Waals surface area contributed by atoms with Crippen LogP contribution < -0.4 is 4.74 Å². The molecule has 0 unspecified atom stereocenters. The van der Waals surface area contributed by atoms with Gasteiger partial charge in [0.25, 0.3) is 0 Å². The predicted octanol–water partition coefficient (Wildman–Crippen LogP) is 3.28. The minimum atomic E-state index is -0.846. The fourth-order valence-corrected chi connectivity index (χ4v) is 7.40. The maximum absolute atomic E-state index is 14.3. The third kappa shape index (κ3) is 5.15. The van der Waals surface area contributed by atoms with Crippen molar-refractivity contribution in [2.45, 2.75) is 82.5 Å². The fraction of sp³-hybridized carbons (Fsp3) is 0.486. The molecule has 0 radical (unpaired) electrons. The molecule has 2 saturated heterocycles. The number of carbonyl (C=O) groups excluding carboxylic acids is 2. The second-order valence-corrected chi connectivity index (χ2v) is 13.3. The van der Waals surface area contributed by atoms with Crippen molar-refractivity contribution in [2.75, 3.05) is 28.2 Å². The Labute approximate surface area is 267 Å². The molecule has 2 heterocycles. The number of likely N-dealkylation sites (N-methyl/N-ethyl adjacent to an activating group) is 2. The number of aromatic hydroxyl groups is 2. The van der Waals surface area contributed by atoms with Crippen LogP contribution in [-0.2, 0) is 9.47 Å². The van der Waals surface area contributed by atoms with Gasteiger partial charge in [0.2, 0.25) is 12.1 Å². The normalized spacial score (nSPS) is 29.7. The van der Waals surface area contributed by atoms with Crippen LogP contribution in [-0.4, -0.2) is 113 Å². The lowest BCUT2D eigenvalue weighted by Crippen LogP contribution is -2.54. The Bertz CT molecular complexity index is 1720. The first-order valence-electron chi connectivity index (χ1n) is 15.6. The van der Waals surface area contributed by atoms with Gasteiger partial charge in [0.05, 0.1) is 41.6 Å². The van der Waals surface area contributed by atoms with Gasteiger partial charge in [-0.2, -0.15) is 0 Å². The molecule has 0 saturated carbocycles. The van der Waals surface area contributed by atoms with Gasteiger partial charge in [-0.15, -0.1) is 0 Å². The zero-order valence-corrected chi connectivity index (χ0v) is 27.1. The molecule has 3 aromatic rings. The molecule has 246 valence electrons. The summed E-state index contributed by atoms with van der Waals surface area (Å²) in [5.41, 5.74) is 1.00. The van der Waals surface area contributed by atoms with Gasteiger partial charge in [0, 0.05) is 40.6 Å². The highest BCUT2D eigenvalue weighted by Crippen LogP contribution is 2.49. The van der Waals surface area contributed by atoms with E-state index in [4.69, 9.17) is 14.2 Å². The van der Waals surface area contributed by atoms with E-state index in [0.29, 0.717) is 29.2 Å². The van der Waals surface area contributed by atoms with E-state index < -0.39 is 48.4 Å². The lowest BCUT2D eigenvalue weighted by Gasteiger charge is -2.43. The zero-order valence-electron chi connectivity index (χ0n) is 27.1. The molecule has 8 atom stereocenters. The molecule has 2 fully saturated rings. The second kappa shape index (κ2) is 11.9. The second-order valence-electron chi connectivity index (χ2n) is 13.3. The van der Waals surface area contributed by atoms with Gasteiger partial charge in [-0.1, -0.05) is 18.2 Å². The average molecular weight is 635 g/mol. The summed E-state index contributed by atoms with van der Waals surface area (Å²) in [6.07, 6.45) is -3.31. The highest BCUT2D eigenvalue weighted by Gasteiger charge is 2.43. The number of ether oxygens (including phenoxy) is 3. The van der Waals surface area contributed by atoms with Crippen LogP contribution in [0.4, 0.5) is 0 Å². The SMILES string of the molecule is Cc1cc2cc(O)c3c(c2c(O[C@@H]2C[C@H](N(C)C)[C@@H](O)[C@H](C)O2)c1[C@H]1C[C@@H](N(C)C)[C@@H](O)[C@H](C)O1)C(=O)c1cccc(O)c1C3=O. The molecule has 1 aliphatic carbocycles. The Hall–Kier alpha value is -3.58. The molecule has 3 aromatic carbocycles. The number of aliphatic hydroxyl groups is 2. The van der Waals surface area contributed by atoms with Gasteiger partial charge in [-0.05, 0) is 78.5 Å². The monoisotopic (exact) mass is 634 g/mol. The molecule has 11 nitrogen and oxygen atoms in total. The summed E-state index contributed by atoms with van der Waals surface area (Å²) in [7, 11) is 7.54. The van der Waals surface area contributed by atoms with Crippen LogP contribution in [0.5, 0.6) is 17.2 Å². The molecule has 6 rings (SSSR count). The van der Waals surface area contributed by atoms with Crippen LogP contribution in [0.2, 0.25) is 0 Å². The number of phenols is 2. The Morgan fingerprint density at radius 2 is 1.43 bits per heavy atom. The van der Waals surface area contributed by atoms with Crippen molar-refractivity contribution in [3.63, 3.8) is 0 Å². The number of ketones is 2. The molecule has 0 bridgehead atoms. The van der Waals surface area contributed by atoms with Crippen LogP contribution in [0.1, 0.15) is 75.8 Å². The number of fused-ring (bicyclic) bond motifs is 4. The summed E-state index contributed by atoms with van der Waals surface area (Å²) in [6, 6.07) is 7.03. The van der Waals surface area contributed by atoms with Crippen molar-refractivity contribution < 1.29 is 44.2 Å². The first-order valence-corrected chi connectivity index (χ1v) is 15.6. The number of benzene rings is 3. The third-order valence-corrected chi connectivity index (χ3v) is 9.86. The van der Waals surface area contributed by atoms with Crippen LogP contribution in [0.3, 0.4) is 0 Å². The lowest BCUT2D eigenvalue weighted by atomic mass is 9.79. The molecule has 2 aliphatic heterocycles. The summed E-state index contributed by atoms with van der Waals surface area (Å²) in [5.74, 6) is -1.68. The van der Waals surface area contributed by atoms with E-state index in [0.717, 1.165) is 5.56 Å². The molecule has 0 aromatic heterocycles. The van der Waals surface area contributed by atoms with Gasteiger partial charge >= 0.3 is 0 Å².